The molecule has 2 aromatic carbocycles. The van der Waals surface area contributed by atoms with Gasteiger partial charge >= 0.3 is 6.36 Å². The minimum absolute atomic E-state index is 0.0769. The number of halogens is 5. The third kappa shape index (κ3) is 7.42. The van der Waals surface area contributed by atoms with Crippen LogP contribution in [-0.4, -0.2) is 66.4 Å². The highest BCUT2D eigenvalue weighted by molar-refractivity contribution is 5.99. The Kier molecular flexibility index (Phi) is 9.83. The number of carbonyl (C=O) groups excluding carboxylic acids is 2. The Labute approximate surface area is 253 Å². The summed E-state index contributed by atoms with van der Waals surface area (Å²) in [5.41, 5.74) is -2.41. The summed E-state index contributed by atoms with van der Waals surface area (Å²) in [7, 11) is 1.22. The van der Waals surface area contributed by atoms with E-state index in [0.717, 1.165) is 41.3 Å². The first kappa shape index (κ1) is 33.4. The van der Waals surface area contributed by atoms with Gasteiger partial charge in [-0.3, -0.25) is 14.4 Å². The molecule has 2 amide bonds. The van der Waals surface area contributed by atoms with Gasteiger partial charge in [0, 0.05) is 60.4 Å². The summed E-state index contributed by atoms with van der Waals surface area (Å²) in [5, 5.41) is 21.9. The van der Waals surface area contributed by atoms with E-state index in [2.05, 4.69) is 10.1 Å². The van der Waals surface area contributed by atoms with Crippen LogP contribution in [0.3, 0.4) is 0 Å². The molecule has 2 atom stereocenters. The van der Waals surface area contributed by atoms with E-state index in [9.17, 15) is 37.8 Å². The third-order valence-corrected chi connectivity index (χ3v) is 7.55. The van der Waals surface area contributed by atoms with E-state index in [0.29, 0.717) is 0 Å². The highest BCUT2D eigenvalue weighted by Gasteiger charge is 2.45. The van der Waals surface area contributed by atoms with E-state index in [1.54, 1.807) is 6.92 Å². The molecule has 242 valence electrons. The van der Waals surface area contributed by atoms with Gasteiger partial charge in [-0.25, -0.2) is 8.78 Å². The second kappa shape index (κ2) is 13.2. The average molecular weight is 640 g/mol. The normalized spacial score (nSPS) is 17.0. The lowest BCUT2D eigenvalue weighted by atomic mass is 9.87. The molecule has 45 heavy (non-hydrogen) atoms. The van der Waals surface area contributed by atoms with Gasteiger partial charge in [0.2, 0.25) is 5.91 Å². The Balaban J connectivity index is 1.66. The molecule has 1 aromatic heterocycles. The third-order valence-electron chi connectivity index (χ3n) is 7.55. The standard InChI is InChI=1S/C30H30F5N3O7/c1-29(15-39,16-40)14-37-9-3-4-24(28(37)43)38-13-21(25-22(31)10-19(44-2)11-23(25)32)20(27(38)42)12-36-26(41)17-5-7-18(8-6-17)45-30(33,34)35/h3-11,20-21,39-40H,12-16H2,1-2H3,(H,36,41)/t20?,21-/m1/s1. The fraction of sp³-hybridized carbons (Fsp3) is 0.367. The van der Waals surface area contributed by atoms with E-state index >= 15 is 8.78 Å². The molecular weight excluding hydrogens is 609 g/mol. The van der Waals surface area contributed by atoms with Crippen molar-refractivity contribution in [2.75, 3.05) is 38.3 Å². The predicted molar refractivity (Wildman–Crippen MR) is 150 cm³/mol. The SMILES string of the molecule is COc1cc(F)c([C@@H]2CN(c3cccn(CC(C)(CO)CO)c3=O)C(=O)C2CNC(=O)c2ccc(OC(F)(F)F)cc2)c(F)c1. The van der Waals surface area contributed by atoms with Crippen molar-refractivity contribution in [2.45, 2.75) is 25.7 Å². The number of rotatable bonds is 11. The monoisotopic (exact) mass is 639 g/mol. The zero-order valence-corrected chi connectivity index (χ0v) is 24.1. The molecule has 1 saturated heterocycles. The van der Waals surface area contributed by atoms with Gasteiger partial charge in [0.15, 0.2) is 0 Å². The number of aromatic nitrogens is 1. The number of aliphatic hydroxyl groups is 2. The summed E-state index contributed by atoms with van der Waals surface area (Å²) in [6.07, 6.45) is -3.53. The maximum Gasteiger partial charge on any atom is 0.573 e. The molecule has 0 bridgehead atoms. The molecule has 15 heteroatoms. The van der Waals surface area contributed by atoms with Crippen LogP contribution in [0.1, 0.15) is 28.8 Å². The molecule has 10 nitrogen and oxygen atoms in total. The molecule has 2 heterocycles. The van der Waals surface area contributed by atoms with E-state index in [-0.39, 0.29) is 30.1 Å². The summed E-state index contributed by atoms with van der Waals surface area (Å²) in [6.45, 7) is -0.236. The lowest BCUT2D eigenvalue weighted by molar-refractivity contribution is -0.274. The Morgan fingerprint density at radius 2 is 1.64 bits per heavy atom. The van der Waals surface area contributed by atoms with E-state index in [4.69, 9.17) is 4.74 Å². The second-order valence-electron chi connectivity index (χ2n) is 10.9. The Morgan fingerprint density at radius 3 is 2.20 bits per heavy atom. The molecule has 3 aromatic rings. The number of anilines is 1. The number of hydrogen-bond acceptors (Lipinski definition) is 7. The van der Waals surface area contributed by atoms with Crippen LogP contribution in [0, 0.1) is 23.0 Å². The number of carbonyl (C=O) groups is 2. The van der Waals surface area contributed by atoms with Crippen molar-refractivity contribution in [3.63, 3.8) is 0 Å². The van der Waals surface area contributed by atoms with E-state index in [1.165, 1.54) is 30.0 Å². The predicted octanol–water partition coefficient (Wildman–Crippen LogP) is 3.20. The highest BCUT2D eigenvalue weighted by atomic mass is 19.4. The summed E-state index contributed by atoms with van der Waals surface area (Å²) >= 11 is 0. The Bertz CT molecular complexity index is 1580. The zero-order chi connectivity index (χ0) is 33.1. The van der Waals surface area contributed by atoms with Gasteiger partial charge in [-0.1, -0.05) is 6.92 Å². The fourth-order valence-corrected chi connectivity index (χ4v) is 5.09. The first-order chi connectivity index (χ1) is 21.2. The number of methoxy groups -OCH3 is 1. The van der Waals surface area contributed by atoms with Crippen molar-refractivity contribution >= 4 is 17.5 Å². The largest absolute Gasteiger partial charge is 0.573 e. The van der Waals surface area contributed by atoms with Crippen LogP contribution in [0.15, 0.2) is 59.5 Å². The van der Waals surface area contributed by atoms with Crippen LogP contribution >= 0.6 is 0 Å². The number of alkyl halides is 3. The number of pyridine rings is 1. The van der Waals surface area contributed by atoms with Crippen LogP contribution in [0.2, 0.25) is 0 Å². The lowest BCUT2D eigenvalue weighted by Gasteiger charge is -2.26. The summed E-state index contributed by atoms with van der Waals surface area (Å²) < 4.78 is 77.9. The number of nitrogens with zero attached hydrogens (tertiary/aromatic N) is 2. The second-order valence-corrected chi connectivity index (χ2v) is 10.9. The summed E-state index contributed by atoms with van der Waals surface area (Å²) in [4.78, 5) is 41.1. The van der Waals surface area contributed by atoms with Crippen LogP contribution in [0.5, 0.6) is 11.5 Å². The van der Waals surface area contributed by atoms with Crippen LogP contribution in [-0.2, 0) is 11.3 Å². The Hall–Kier alpha value is -4.50. The number of amides is 2. The van der Waals surface area contributed by atoms with Gasteiger partial charge in [0.25, 0.3) is 11.5 Å². The molecule has 0 radical (unpaired) electrons. The van der Waals surface area contributed by atoms with Crippen molar-refractivity contribution in [3.8, 4) is 11.5 Å². The molecule has 1 unspecified atom stereocenters. The van der Waals surface area contributed by atoms with Crippen molar-refractivity contribution < 1.29 is 51.2 Å². The van der Waals surface area contributed by atoms with E-state index in [1.807, 2.05) is 0 Å². The highest BCUT2D eigenvalue weighted by Crippen LogP contribution is 2.39. The zero-order valence-electron chi connectivity index (χ0n) is 24.1. The summed E-state index contributed by atoms with van der Waals surface area (Å²) in [5.74, 6) is -6.69. The average Bonchev–Trinajstić information content (AvgIpc) is 3.30. The first-order valence-corrected chi connectivity index (χ1v) is 13.6. The van der Waals surface area contributed by atoms with Gasteiger partial charge in [0.1, 0.15) is 28.8 Å². The minimum Gasteiger partial charge on any atom is -0.497 e. The van der Waals surface area contributed by atoms with E-state index < -0.39 is 83.7 Å². The molecular formula is C30H30F5N3O7. The molecule has 3 N–H and O–H groups in total. The number of ether oxygens (including phenoxy) is 2. The van der Waals surface area contributed by atoms with Crippen molar-refractivity contribution in [1.82, 2.24) is 9.88 Å². The van der Waals surface area contributed by atoms with Crippen LogP contribution < -0.4 is 25.2 Å². The maximum absolute atomic E-state index is 15.3. The lowest BCUT2D eigenvalue weighted by Crippen LogP contribution is -2.40. The van der Waals surface area contributed by atoms with Gasteiger partial charge in [-0.2, -0.15) is 0 Å². The number of aliphatic hydroxyl groups excluding tert-OH is 2. The molecule has 0 aliphatic carbocycles. The minimum atomic E-state index is -4.93. The van der Waals surface area contributed by atoms with Crippen molar-refractivity contribution in [2.24, 2.45) is 11.3 Å². The topological polar surface area (TPSA) is 130 Å². The molecule has 4 rings (SSSR count). The smallest absolute Gasteiger partial charge is 0.497 e. The van der Waals surface area contributed by atoms with Gasteiger partial charge in [-0.05, 0) is 36.4 Å². The molecule has 1 aliphatic rings. The number of benzene rings is 2. The van der Waals surface area contributed by atoms with Crippen molar-refractivity contribution in [3.05, 3.63) is 87.8 Å². The Morgan fingerprint density at radius 1 is 1.02 bits per heavy atom. The van der Waals surface area contributed by atoms with Gasteiger partial charge in [0.05, 0.1) is 26.2 Å². The fourth-order valence-electron chi connectivity index (χ4n) is 5.09. The van der Waals surface area contributed by atoms with Crippen LogP contribution in [0.4, 0.5) is 27.6 Å². The molecule has 1 aliphatic heterocycles. The summed E-state index contributed by atoms with van der Waals surface area (Å²) in [6, 6.07) is 8.66. The molecule has 0 saturated carbocycles. The first-order valence-electron chi connectivity index (χ1n) is 13.6. The van der Waals surface area contributed by atoms with Crippen LogP contribution in [0.25, 0.3) is 0 Å². The quantitative estimate of drug-likeness (QED) is 0.275. The number of nitrogens with one attached hydrogen (secondary N) is 1. The molecule has 1 fully saturated rings. The molecule has 0 spiro atoms. The number of hydrogen-bond donors (Lipinski definition) is 3. The van der Waals surface area contributed by atoms with Gasteiger partial charge in [-0.15, -0.1) is 13.2 Å². The maximum atomic E-state index is 15.3. The van der Waals surface area contributed by atoms with Gasteiger partial charge < -0.3 is 34.5 Å². The van der Waals surface area contributed by atoms with Crippen molar-refractivity contribution in [1.29, 1.82) is 0 Å².